The average Bonchev–Trinajstić information content (AvgIpc) is 3.63. The van der Waals surface area contributed by atoms with Crippen molar-refractivity contribution in [3.63, 3.8) is 0 Å². The minimum Gasteiger partial charge on any atom is -0.448 e. The van der Waals surface area contributed by atoms with Gasteiger partial charge in [0.2, 0.25) is 0 Å². The van der Waals surface area contributed by atoms with Crippen molar-refractivity contribution in [1.82, 2.24) is 4.90 Å². The molecule has 16 nitrogen and oxygen atoms in total. The van der Waals surface area contributed by atoms with E-state index in [9.17, 15) is 4.79 Å². The van der Waals surface area contributed by atoms with E-state index < -0.39 is 0 Å². The van der Waals surface area contributed by atoms with E-state index in [0.717, 1.165) is 13.0 Å². The first-order chi connectivity index (χ1) is 31.2. The number of nitrogens with zero attached hydrogens (tertiary/aromatic N) is 1. The van der Waals surface area contributed by atoms with E-state index >= 15 is 0 Å². The number of hydrogen-bond donors (Lipinski definition) is 0. The van der Waals surface area contributed by atoms with Gasteiger partial charge in [0.05, 0.1) is 165 Å². The van der Waals surface area contributed by atoms with Crippen LogP contribution in [0.1, 0.15) is 43.2 Å². The Morgan fingerprint density at radius 2 is 0.698 bits per heavy atom. The summed E-state index contributed by atoms with van der Waals surface area (Å²) in [5.74, 6) is 0.0361. The summed E-state index contributed by atoms with van der Waals surface area (Å²) < 4.78 is 77.5. The average molecular weight is 896 g/mol. The molecule has 0 aliphatic heterocycles. The molecular formula is C47H77NO15. The molecule has 3 rings (SSSR count). The maximum Gasteiger partial charge on any atom is 0.409 e. The summed E-state index contributed by atoms with van der Waals surface area (Å²) >= 11 is 0. The first-order valence-corrected chi connectivity index (χ1v) is 22.8. The first-order valence-electron chi connectivity index (χ1n) is 22.8. The fourth-order valence-electron chi connectivity index (χ4n) is 6.19. The fraction of sp³-hybridized carbons (Fsp3) is 0.723. The SMILES string of the molecule is CCCCCOCCOCCOCCOCCOCCOCCOCCOCCOCCOCCOCCOCCOCCN(C)C(=O)OCC1c2ccccc2-c2ccccc21. The topological polar surface area (TPSA) is 150 Å². The third-order valence-corrected chi connectivity index (χ3v) is 9.58. The zero-order chi connectivity index (χ0) is 44.5. The quantitative estimate of drug-likeness (QED) is 0.0794. The van der Waals surface area contributed by atoms with Crippen LogP contribution < -0.4 is 0 Å². The Balaban J connectivity index is 0.927. The monoisotopic (exact) mass is 896 g/mol. The Bertz CT molecular complexity index is 1310. The van der Waals surface area contributed by atoms with Gasteiger partial charge in [0.25, 0.3) is 0 Å². The molecule has 1 aliphatic rings. The lowest BCUT2D eigenvalue weighted by Crippen LogP contribution is -2.32. The maximum absolute atomic E-state index is 12.6. The third kappa shape index (κ3) is 27.3. The van der Waals surface area contributed by atoms with Crippen molar-refractivity contribution in [2.75, 3.05) is 192 Å². The van der Waals surface area contributed by atoms with Crippen LogP contribution in [0, 0.1) is 0 Å². The van der Waals surface area contributed by atoms with Gasteiger partial charge in [-0.15, -0.1) is 0 Å². The van der Waals surface area contributed by atoms with Gasteiger partial charge in [-0.25, -0.2) is 4.79 Å². The molecule has 0 atom stereocenters. The molecule has 2 aromatic rings. The zero-order valence-electron chi connectivity index (χ0n) is 38.2. The number of rotatable bonds is 45. The largest absolute Gasteiger partial charge is 0.448 e. The van der Waals surface area contributed by atoms with Gasteiger partial charge in [-0.05, 0) is 28.7 Å². The molecule has 0 unspecified atom stereocenters. The van der Waals surface area contributed by atoms with Crippen molar-refractivity contribution in [2.45, 2.75) is 32.1 Å². The molecule has 0 bridgehead atoms. The number of likely N-dealkylation sites (N-methyl/N-ethyl adjacent to an activating group) is 1. The second kappa shape index (κ2) is 39.5. The molecule has 2 aromatic carbocycles. The second-order valence-corrected chi connectivity index (χ2v) is 14.4. The number of fused-ring (bicyclic) bond motifs is 3. The molecule has 16 heteroatoms. The van der Waals surface area contributed by atoms with Crippen molar-refractivity contribution < 1.29 is 71.1 Å². The Hall–Kier alpha value is -2.81. The van der Waals surface area contributed by atoms with E-state index in [2.05, 4.69) is 31.2 Å². The molecule has 0 N–H and O–H groups in total. The summed E-state index contributed by atoms with van der Waals surface area (Å²) in [5, 5.41) is 0. The summed E-state index contributed by atoms with van der Waals surface area (Å²) in [5.41, 5.74) is 4.79. The van der Waals surface area contributed by atoms with Gasteiger partial charge in [0, 0.05) is 26.1 Å². The molecule has 360 valence electrons. The molecule has 1 aliphatic carbocycles. The summed E-state index contributed by atoms with van der Waals surface area (Å²) in [7, 11) is 1.71. The molecule has 0 heterocycles. The van der Waals surface area contributed by atoms with Crippen LogP contribution in [-0.4, -0.2) is 203 Å². The van der Waals surface area contributed by atoms with Crippen molar-refractivity contribution in [3.05, 3.63) is 59.7 Å². The van der Waals surface area contributed by atoms with Crippen LogP contribution in [0.15, 0.2) is 48.5 Å². The number of carbonyl (C=O) groups is 1. The molecule has 0 fully saturated rings. The van der Waals surface area contributed by atoms with E-state index in [1.165, 1.54) is 40.0 Å². The molecule has 0 aromatic heterocycles. The van der Waals surface area contributed by atoms with Gasteiger partial charge in [0.15, 0.2) is 0 Å². The number of amides is 1. The van der Waals surface area contributed by atoms with Crippen molar-refractivity contribution in [2.24, 2.45) is 0 Å². The van der Waals surface area contributed by atoms with Crippen molar-refractivity contribution in [1.29, 1.82) is 0 Å². The molecule has 0 saturated heterocycles. The predicted octanol–water partition coefficient (Wildman–Crippen LogP) is 5.27. The van der Waals surface area contributed by atoms with Crippen LogP contribution in [0.5, 0.6) is 0 Å². The molecule has 0 saturated carbocycles. The van der Waals surface area contributed by atoms with Crippen LogP contribution >= 0.6 is 0 Å². The Morgan fingerprint density at radius 1 is 0.413 bits per heavy atom. The van der Waals surface area contributed by atoms with E-state index in [0.29, 0.717) is 178 Å². The number of benzene rings is 2. The van der Waals surface area contributed by atoms with E-state index in [1.54, 1.807) is 7.05 Å². The van der Waals surface area contributed by atoms with E-state index in [-0.39, 0.29) is 12.0 Å². The third-order valence-electron chi connectivity index (χ3n) is 9.58. The van der Waals surface area contributed by atoms with Gasteiger partial charge in [0.1, 0.15) is 6.61 Å². The van der Waals surface area contributed by atoms with Crippen LogP contribution in [-0.2, 0) is 66.3 Å². The van der Waals surface area contributed by atoms with Gasteiger partial charge in [-0.2, -0.15) is 0 Å². The predicted molar refractivity (Wildman–Crippen MR) is 238 cm³/mol. The lowest BCUT2D eigenvalue weighted by Gasteiger charge is -2.19. The van der Waals surface area contributed by atoms with Crippen molar-refractivity contribution >= 4 is 6.09 Å². The van der Waals surface area contributed by atoms with Crippen LogP contribution in [0.25, 0.3) is 11.1 Å². The zero-order valence-corrected chi connectivity index (χ0v) is 38.2. The van der Waals surface area contributed by atoms with Crippen LogP contribution in [0.2, 0.25) is 0 Å². The minimum absolute atomic E-state index is 0.0361. The summed E-state index contributed by atoms with van der Waals surface area (Å²) in [4.78, 5) is 14.2. The molecule has 1 amide bonds. The highest BCUT2D eigenvalue weighted by molar-refractivity contribution is 5.79. The van der Waals surface area contributed by atoms with Crippen LogP contribution in [0.3, 0.4) is 0 Å². The first kappa shape index (κ1) is 54.5. The maximum atomic E-state index is 12.6. The summed E-state index contributed by atoms with van der Waals surface area (Å²) in [6.07, 6.45) is 3.16. The number of ether oxygens (including phenoxy) is 14. The molecule has 0 radical (unpaired) electrons. The highest BCUT2D eigenvalue weighted by atomic mass is 16.6. The summed E-state index contributed by atoms with van der Waals surface area (Å²) in [6.45, 7) is 16.2. The lowest BCUT2D eigenvalue weighted by atomic mass is 9.98. The van der Waals surface area contributed by atoms with Gasteiger partial charge in [-0.3, -0.25) is 0 Å². The standard InChI is InChI=1S/C47H77NO15/c1-3-4-9-15-50-17-19-52-21-23-54-25-27-56-29-31-58-33-35-60-37-39-62-40-38-61-36-34-59-32-30-57-28-26-55-24-22-53-20-18-51-16-14-48(2)47(49)63-41-46-44-12-7-5-10-42(44)43-11-6-8-13-45(43)46/h5-8,10-13,46H,3-4,9,14-41H2,1-2H3. The highest BCUT2D eigenvalue weighted by Crippen LogP contribution is 2.44. The fourth-order valence-corrected chi connectivity index (χ4v) is 6.19. The Labute approximate surface area is 376 Å². The molecule has 63 heavy (non-hydrogen) atoms. The highest BCUT2D eigenvalue weighted by Gasteiger charge is 2.29. The second-order valence-electron chi connectivity index (χ2n) is 14.4. The van der Waals surface area contributed by atoms with Gasteiger partial charge in [-0.1, -0.05) is 68.3 Å². The smallest absolute Gasteiger partial charge is 0.409 e. The Morgan fingerprint density at radius 3 is 1.02 bits per heavy atom. The lowest BCUT2D eigenvalue weighted by molar-refractivity contribution is -0.0291. The van der Waals surface area contributed by atoms with E-state index in [4.69, 9.17) is 66.3 Å². The van der Waals surface area contributed by atoms with Crippen molar-refractivity contribution in [3.8, 4) is 11.1 Å². The Kier molecular flexibility index (Phi) is 34.2. The normalized spacial score (nSPS) is 12.2. The summed E-state index contributed by atoms with van der Waals surface area (Å²) in [6, 6.07) is 16.6. The molecule has 0 spiro atoms. The van der Waals surface area contributed by atoms with Gasteiger partial charge < -0.3 is 71.2 Å². The van der Waals surface area contributed by atoms with Crippen LogP contribution in [0.4, 0.5) is 4.79 Å². The number of carbonyl (C=O) groups excluding carboxylic acids is 1. The van der Waals surface area contributed by atoms with E-state index in [1.807, 2.05) is 24.3 Å². The minimum atomic E-state index is -0.365. The molecular weight excluding hydrogens is 819 g/mol. The number of hydrogen-bond acceptors (Lipinski definition) is 15. The van der Waals surface area contributed by atoms with Gasteiger partial charge >= 0.3 is 6.09 Å². The number of unbranched alkanes of at least 4 members (excludes halogenated alkanes) is 2.